The Bertz CT molecular complexity index is 949. The number of morpholine rings is 1. The lowest BCUT2D eigenvalue weighted by Crippen LogP contribution is -2.45. The second-order valence-corrected chi connectivity index (χ2v) is 7.17. The minimum Gasteiger partial charge on any atom is -0.372 e. The van der Waals surface area contributed by atoms with Crippen molar-refractivity contribution >= 4 is 11.7 Å². The summed E-state index contributed by atoms with van der Waals surface area (Å²) >= 11 is 0. The molecular formula is C20H23N7O2. The predicted molar refractivity (Wildman–Crippen MR) is 107 cm³/mol. The summed E-state index contributed by atoms with van der Waals surface area (Å²) in [5.74, 6) is 0.760. The van der Waals surface area contributed by atoms with Gasteiger partial charge in [0.15, 0.2) is 0 Å². The van der Waals surface area contributed by atoms with Gasteiger partial charge in [0.1, 0.15) is 12.1 Å². The van der Waals surface area contributed by atoms with E-state index in [1.807, 2.05) is 18.2 Å². The van der Waals surface area contributed by atoms with E-state index in [0.717, 1.165) is 30.2 Å². The molecule has 1 amide bonds. The van der Waals surface area contributed by atoms with Gasteiger partial charge in [0.2, 0.25) is 0 Å². The molecule has 1 aliphatic heterocycles. The Balaban J connectivity index is 1.37. The molecule has 29 heavy (non-hydrogen) atoms. The number of pyridine rings is 1. The van der Waals surface area contributed by atoms with Crippen LogP contribution in [0.4, 0.5) is 5.82 Å². The molecule has 1 aliphatic rings. The highest BCUT2D eigenvalue weighted by Crippen LogP contribution is 2.18. The molecule has 1 aromatic carbocycles. The van der Waals surface area contributed by atoms with Crippen LogP contribution in [0.15, 0.2) is 48.9 Å². The van der Waals surface area contributed by atoms with Gasteiger partial charge in [-0.25, -0.2) is 9.67 Å². The number of carbonyl (C=O) groups is 1. The molecule has 1 N–H and O–H groups in total. The van der Waals surface area contributed by atoms with E-state index >= 15 is 0 Å². The third-order valence-electron chi connectivity index (χ3n) is 4.73. The number of amides is 1. The minimum absolute atomic E-state index is 0.167. The highest BCUT2D eigenvalue weighted by molar-refractivity contribution is 5.94. The van der Waals surface area contributed by atoms with Crippen molar-refractivity contribution in [2.24, 2.45) is 0 Å². The molecule has 2 unspecified atom stereocenters. The first kappa shape index (κ1) is 19.0. The van der Waals surface area contributed by atoms with Gasteiger partial charge in [0.25, 0.3) is 5.91 Å². The first-order valence-corrected chi connectivity index (χ1v) is 9.55. The maximum absolute atomic E-state index is 12.5. The molecule has 0 aliphatic carbocycles. The number of ether oxygens (including phenoxy) is 1. The molecular weight excluding hydrogens is 370 g/mol. The molecule has 150 valence electrons. The van der Waals surface area contributed by atoms with Gasteiger partial charge >= 0.3 is 0 Å². The van der Waals surface area contributed by atoms with Gasteiger partial charge in [0.05, 0.1) is 17.9 Å². The largest absolute Gasteiger partial charge is 0.372 e. The molecule has 0 saturated carbocycles. The van der Waals surface area contributed by atoms with Crippen LogP contribution in [0.25, 0.3) is 5.69 Å². The third kappa shape index (κ3) is 4.57. The van der Waals surface area contributed by atoms with Crippen molar-refractivity contribution in [2.45, 2.75) is 32.6 Å². The van der Waals surface area contributed by atoms with Crippen LogP contribution in [-0.2, 0) is 11.3 Å². The maximum atomic E-state index is 12.5. The average molecular weight is 393 g/mol. The van der Waals surface area contributed by atoms with Crippen LogP contribution < -0.4 is 10.2 Å². The van der Waals surface area contributed by atoms with E-state index in [2.05, 4.69) is 44.6 Å². The summed E-state index contributed by atoms with van der Waals surface area (Å²) in [6.07, 6.45) is 3.66. The van der Waals surface area contributed by atoms with E-state index < -0.39 is 0 Å². The number of aromatic nitrogens is 5. The number of nitrogens with zero attached hydrogens (tertiary/aromatic N) is 6. The van der Waals surface area contributed by atoms with Gasteiger partial charge in [-0.15, -0.1) is 5.10 Å². The summed E-state index contributed by atoms with van der Waals surface area (Å²) in [5, 5.41) is 14.0. The molecule has 4 rings (SSSR count). The number of anilines is 1. The van der Waals surface area contributed by atoms with Gasteiger partial charge in [-0.1, -0.05) is 12.1 Å². The van der Waals surface area contributed by atoms with Crippen molar-refractivity contribution in [1.82, 2.24) is 30.5 Å². The van der Waals surface area contributed by atoms with Crippen molar-refractivity contribution < 1.29 is 9.53 Å². The smallest absolute Gasteiger partial charge is 0.251 e. The van der Waals surface area contributed by atoms with Gasteiger partial charge in [-0.3, -0.25) is 4.79 Å². The lowest BCUT2D eigenvalue weighted by molar-refractivity contribution is -0.00546. The fourth-order valence-corrected chi connectivity index (χ4v) is 3.43. The zero-order chi connectivity index (χ0) is 20.2. The second kappa shape index (κ2) is 8.36. The molecule has 2 atom stereocenters. The Hall–Kier alpha value is -3.33. The maximum Gasteiger partial charge on any atom is 0.251 e. The average Bonchev–Trinajstić information content (AvgIpc) is 3.27. The van der Waals surface area contributed by atoms with E-state index in [1.54, 1.807) is 24.4 Å². The molecule has 0 radical (unpaired) electrons. The van der Waals surface area contributed by atoms with E-state index in [0.29, 0.717) is 12.1 Å². The fraction of sp³-hybridized carbons (Fsp3) is 0.350. The molecule has 1 fully saturated rings. The summed E-state index contributed by atoms with van der Waals surface area (Å²) in [4.78, 5) is 19.3. The van der Waals surface area contributed by atoms with Gasteiger partial charge in [0, 0.05) is 31.4 Å². The predicted octanol–water partition coefficient (Wildman–Crippen LogP) is 1.60. The van der Waals surface area contributed by atoms with Crippen LogP contribution in [0.5, 0.6) is 0 Å². The third-order valence-corrected chi connectivity index (χ3v) is 4.73. The van der Waals surface area contributed by atoms with Crippen molar-refractivity contribution in [1.29, 1.82) is 0 Å². The van der Waals surface area contributed by atoms with Crippen molar-refractivity contribution in [3.8, 4) is 5.69 Å². The number of hydrogen-bond acceptors (Lipinski definition) is 7. The first-order valence-electron chi connectivity index (χ1n) is 9.55. The standard InChI is InChI=1S/C20H23N7O2/c1-14-11-26(12-15(2)29-14)19-7-6-16(9-21-19)10-22-20(28)17-4-3-5-18(8-17)27-13-23-24-25-27/h3-9,13-15H,10-12H2,1-2H3,(H,22,28). The monoisotopic (exact) mass is 393 g/mol. The molecule has 9 nitrogen and oxygen atoms in total. The quantitative estimate of drug-likeness (QED) is 0.703. The fourth-order valence-electron chi connectivity index (χ4n) is 3.43. The number of tetrazole rings is 1. The van der Waals surface area contributed by atoms with Crippen molar-refractivity contribution in [3.05, 3.63) is 60.0 Å². The zero-order valence-corrected chi connectivity index (χ0v) is 16.4. The number of rotatable bonds is 5. The Kier molecular flexibility index (Phi) is 5.48. The number of hydrogen-bond donors (Lipinski definition) is 1. The van der Waals surface area contributed by atoms with Gasteiger partial charge in [-0.2, -0.15) is 0 Å². The lowest BCUT2D eigenvalue weighted by Gasteiger charge is -2.36. The number of nitrogens with one attached hydrogen (secondary N) is 1. The number of carbonyl (C=O) groups excluding carboxylic acids is 1. The second-order valence-electron chi connectivity index (χ2n) is 7.17. The normalized spacial score (nSPS) is 19.2. The van der Waals surface area contributed by atoms with Crippen LogP contribution in [0.3, 0.4) is 0 Å². The Morgan fingerprint density at radius 3 is 2.72 bits per heavy atom. The molecule has 9 heteroatoms. The summed E-state index contributed by atoms with van der Waals surface area (Å²) in [5.41, 5.74) is 2.20. The lowest BCUT2D eigenvalue weighted by atomic mass is 10.2. The van der Waals surface area contributed by atoms with Crippen LogP contribution in [0, 0.1) is 0 Å². The van der Waals surface area contributed by atoms with E-state index in [9.17, 15) is 4.79 Å². The topological polar surface area (TPSA) is 98.1 Å². The van der Waals surface area contributed by atoms with Crippen LogP contribution in [-0.4, -0.2) is 56.4 Å². The Morgan fingerprint density at radius 1 is 1.21 bits per heavy atom. The molecule has 0 spiro atoms. The number of benzene rings is 1. The Morgan fingerprint density at radius 2 is 2.03 bits per heavy atom. The van der Waals surface area contributed by atoms with Crippen molar-refractivity contribution in [2.75, 3.05) is 18.0 Å². The van der Waals surface area contributed by atoms with E-state index in [1.165, 1.54) is 11.0 Å². The Labute approximate surface area is 168 Å². The summed E-state index contributed by atoms with van der Waals surface area (Å²) in [6.45, 7) is 6.19. The van der Waals surface area contributed by atoms with E-state index in [4.69, 9.17) is 4.74 Å². The molecule has 3 heterocycles. The van der Waals surface area contributed by atoms with Gasteiger partial charge in [-0.05, 0) is 54.1 Å². The SMILES string of the molecule is CC1CN(c2ccc(CNC(=O)c3cccc(-n4cnnn4)c3)cn2)CC(C)O1. The highest BCUT2D eigenvalue weighted by Gasteiger charge is 2.23. The van der Waals surface area contributed by atoms with Gasteiger partial charge < -0.3 is 15.0 Å². The van der Waals surface area contributed by atoms with E-state index in [-0.39, 0.29) is 18.1 Å². The first-order chi connectivity index (χ1) is 14.1. The minimum atomic E-state index is -0.167. The molecule has 1 saturated heterocycles. The van der Waals surface area contributed by atoms with Crippen LogP contribution in [0.1, 0.15) is 29.8 Å². The summed E-state index contributed by atoms with van der Waals surface area (Å²) in [6, 6.07) is 11.1. The van der Waals surface area contributed by atoms with Crippen molar-refractivity contribution in [3.63, 3.8) is 0 Å². The summed E-state index contributed by atoms with van der Waals surface area (Å²) in [7, 11) is 0. The zero-order valence-electron chi connectivity index (χ0n) is 16.4. The molecule has 0 bridgehead atoms. The molecule has 2 aromatic heterocycles. The van der Waals surface area contributed by atoms with Crippen LogP contribution in [0.2, 0.25) is 0 Å². The highest BCUT2D eigenvalue weighted by atomic mass is 16.5. The van der Waals surface area contributed by atoms with Crippen LogP contribution >= 0.6 is 0 Å². The summed E-state index contributed by atoms with van der Waals surface area (Å²) < 4.78 is 7.28. The molecule has 3 aromatic rings.